The molecule has 47 heavy (non-hydrogen) atoms. The predicted octanol–water partition coefficient (Wildman–Crippen LogP) is 10.2. The molecule has 1 spiro atoms. The maximum Gasteiger partial charge on any atom is 0.342 e. The van der Waals surface area contributed by atoms with Crippen molar-refractivity contribution in [1.29, 1.82) is 0 Å². The van der Waals surface area contributed by atoms with Gasteiger partial charge in [0, 0.05) is 35.4 Å². The van der Waals surface area contributed by atoms with Crippen LogP contribution in [0.5, 0.6) is 23.0 Å². The third-order valence-electron chi connectivity index (χ3n) is 9.37. The van der Waals surface area contributed by atoms with E-state index < -0.39 is 11.6 Å². The van der Waals surface area contributed by atoms with Gasteiger partial charge in [0.05, 0.1) is 11.3 Å². The number of carbonyl (C=O) groups excluding carboxylic acids is 1. The van der Waals surface area contributed by atoms with E-state index in [-0.39, 0.29) is 11.5 Å². The Kier molecular flexibility index (Phi) is 12.4. The minimum Gasteiger partial charge on any atom is -0.508 e. The van der Waals surface area contributed by atoms with Gasteiger partial charge in [-0.15, -0.1) is 0 Å². The zero-order valence-corrected chi connectivity index (χ0v) is 28.6. The van der Waals surface area contributed by atoms with Crippen molar-refractivity contribution in [2.75, 3.05) is 11.9 Å². The van der Waals surface area contributed by atoms with Gasteiger partial charge in [0.2, 0.25) is 0 Å². The lowest BCUT2D eigenvalue weighted by Gasteiger charge is -2.36. The molecule has 0 saturated carbocycles. The third-order valence-corrected chi connectivity index (χ3v) is 9.61. The van der Waals surface area contributed by atoms with E-state index in [1.807, 2.05) is 18.2 Å². The number of esters is 1. The Labute approximate surface area is 285 Å². The van der Waals surface area contributed by atoms with Crippen LogP contribution in [0.25, 0.3) is 0 Å². The number of carbonyl (C=O) groups is 1. The molecule has 0 aromatic heterocycles. The van der Waals surface area contributed by atoms with E-state index in [0.717, 1.165) is 19.4 Å². The SMILES string of the molecule is CCCCCCCCCCCCCCCCCCNC(=S)Nc1cccc2c1C(=O)OC21c2ccc(O)cc2Oc2cc(O)ccc21. The lowest BCUT2D eigenvalue weighted by Crippen LogP contribution is -2.33. The van der Waals surface area contributed by atoms with Gasteiger partial charge < -0.3 is 30.3 Å². The summed E-state index contributed by atoms with van der Waals surface area (Å²) < 4.78 is 12.3. The van der Waals surface area contributed by atoms with Crippen LogP contribution in [0.4, 0.5) is 5.69 Å². The van der Waals surface area contributed by atoms with Crippen LogP contribution in [-0.4, -0.2) is 27.8 Å². The summed E-state index contributed by atoms with van der Waals surface area (Å²) in [5.74, 6) is 0.228. The average molecular weight is 659 g/mol. The lowest BCUT2D eigenvalue weighted by atomic mass is 9.77. The second kappa shape index (κ2) is 16.9. The first-order valence-corrected chi connectivity index (χ1v) is 18.1. The van der Waals surface area contributed by atoms with Crippen LogP contribution in [0.15, 0.2) is 54.6 Å². The van der Waals surface area contributed by atoms with Crippen molar-refractivity contribution in [3.63, 3.8) is 0 Å². The van der Waals surface area contributed by atoms with Crippen LogP contribution in [0.1, 0.15) is 137 Å². The Bertz CT molecular complexity index is 1470. The fraction of sp³-hybridized carbons (Fsp3) is 0.487. The Balaban J connectivity index is 1.07. The molecule has 4 N–H and O–H groups in total. The van der Waals surface area contributed by atoms with Gasteiger partial charge in [0.25, 0.3) is 0 Å². The molecule has 2 aliphatic heterocycles. The summed E-state index contributed by atoms with van der Waals surface area (Å²) in [6.07, 6.45) is 21.3. The Morgan fingerprint density at radius 2 is 1.21 bits per heavy atom. The smallest absolute Gasteiger partial charge is 0.342 e. The molecule has 0 atom stereocenters. The molecule has 252 valence electrons. The summed E-state index contributed by atoms with van der Waals surface area (Å²) in [7, 11) is 0. The number of hydrogen-bond donors (Lipinski definition) is 4. The zero-order valence-electron chi connectivity index (χ0n) is 27.7. The average Bonchev–Trinajstić information content (AvgIpc) is 3.35. The minimum atomic E-state index is -1.31. The molecular weight excluding hydrogens is 609 g/mol. The van der Waals surface area contributed by atoms with Gasteiger partial charge in [-0.3, -0.25) is 0 Å². The molecule has 0 bridgehead atoms. The number of ether oxygens (including phenoxy) is 2. The van der Waals surface area contributed by atoms with Gasteiger partial charge in [-0.1, -0.05) is 115 Å². The van der Waals surface area contributed by atoms with Crippen LogP contribution in [0.3, 0.4) is 0 Å². The summed E-state index contributed by atoms with van der Waals surface area (Å²) in [6.45, 7) is 3.04. The highest BCUT2D eigenvalue weighted by Gasteiger charge is 2.54. The normalized spacial score (nSPS) is 13.8. The minimum absolute atomic E-state index is 0.0169. The molecular formula is C39H50N2O5S. The number of anilines is 1. The molecule has 0 unspecified atom stereocenters. The van der Waals surface area contributed by atoms with Crippen molar-refractivity contribution >= 4 is 29.0 Å². The molecule has 3 aromatic rings. The van der Waals surface area contributed by atoms with Crippen molar-refractivity contribution in [2.24, 2.45) is 0 Å². The van der Waals surface area contributed by atoms with Crippen molar-refractivity contribution in [3.8, 4) is 23.0 Å². The highest BCUT2D eigenvalue weighted by molar-refractivity contribution is 7.80. The Morgan fingerprint density at radius 1 is 0.702 bits per heavy atom. The van der Waals surface area contributed by atoms with Crippen molar-refractivity contribution in [3.05, 3.63) is 76.9 Å². The molecule has 3 aromatic carbocycles. The maximum atomic E-state index is 13.6. The number of nitrogens with one attached hydrogen (secondary N) is 2. The summed E-state index contributed by atoms with van der Waals surface area (Å²) in [4.78, 5) is 13.6. The van der Waals surface area contributed by atoms with Crippen LogP contribution >= 0.6 is 12.2 Å². The summed E-state index contributed by atoms with van der Waals surface area (Å²) in [5, 5.41) is 27.3. The van der Waals surface area contributed by atoms with E-state index in [1.165, 1.54) is 102 Å². The number of fused-ring (bicyclic) bond motifs is 6. The highest BCUT2D eigenvalue weighted by atomic mass is 32.1. The van der Waals surface area contributed by atoms with Gasteiger partial charge in [0.15, 0.2) is 10.7 Å². The first kappa shape index (κ1) is 34.6. The van der Waals surface area contributed by atoms with E-state index in [9.17, 15) is 15.0 Å². The zero-order chi connectivity index (χ0) is 33.1. The van der Waals surface area contributed by atoms with Crippen molar-refractivity contribution in [1.82, 2.24) is 5.32 Å². The molecule has 7 nitrogen and oxygen atoms in total. The summed E-state index contributed by atoms with van der Waals surface area (Å²) in [6, 6.07) is 15.0. The number of hydrogen-bond acceptors (Lipinski definition) is 6. The largest absolute Gasteiger partial charge is 0.508 e. The maximum absolute atomic E-state index is 13.6. The van der Waals surface area contributed by atoms with Crippen molar-refractivity contribution < 1.29 is 24.5 Å². The van der Waals surface area contributed by atoms with Crippen LogP contribution in [0.2, 0.25) is 0 Å². The van der Waals surface area contributed by atoms with E-state index in [2.05, 4.69) is 17.6 Å². The number of phenols is 2. The van der Waals surface area contributed by atoms with E-state index in [1.54, 1.807) is 24.3 Å². The van der Waals surface area contributed by atoms with E-state index in [0.29, 0.717) is 44.6 Å². The van der Waals surface area contributed by atoms with Crippen molar-refractivity contribution in [2.45, 2.75) is 115 Å². The number of thiocarbonyl (C=S) groups is 1. The molecule has 2 heterocycles. The quantitative estimate of drug-likeness (QED) is 0.0609. The molecule has 5 rings (SSSR count). The van der Waals surface area contributed by atoms with Gasteiger partial charge in [-0.25, -0.2) is 4.79 Å². The number of phenolic OH excluding ortho intramolecular Hbond substituents is 2. The Morgan fingerprint density at radius 3 is 1.74 bits per heavy atom. The fourth-order valence-corrected chi connectivity index (χ4v) is 7.10. The number of unbranched alkanes of at least 4 members (excludes halogenated alkanes) is 15. The van der Waals surface area contributed by atoms with E-state index in [4.69, 9.17) is 21.7 Å². The first-order chi connectivity index (χ1) is 22.9. The van der Waals surface area contributed by atoms with Gasteiger partial charge >= 0.3 is 5.97 Å². The monoisotopic (exact) mass is 658 g/mol. The molecule has 8 heteroatoms. The van der Waals surface area contributed by atoms with Crippen LogP contribution in [0, 0.1) is 0 Å². The fourth-order valence-electron chi connectivity index (χ4n) is 6.89. The van der Waals surface area contributed by atoms with Gasteiger partial charge in [-0.05, 0) is 49.0 Å². The lowest BCUT2D eigenvalue weighted by molar-refractivity contribution is 0.0224. The second-order valence-electron chi connectivity index (χ2n) is 12.9. The first-order valence-electron chi connectivity index (χ1n) is 17.7. The highest BCUT2D eigenvalue weighted by Crippen LogP contribution is 2.57. The number of aromatic hydroxyl groups is 2. The topological polar surface area (TPSA) is 100 Å². The second-order valence-corrected chi connectivity index (χ2v) is 13.4. The molecule has 0 aliphatic carbocycles. The molecule has 0 saturated heterocycles. The third kappa shape index (κ3) is 8.39. The molecule has 0 amide bonds. The summed E-state index contributed by atoms with van der Waals surface area (Å²) >= 11 is 5.61. The standard InChI is InChI=1S/C39H50N2O5S/c1-2-3-4-5-6-7-8-9-10-11-12-13-14-15-16-17-25-40-38(47)41-33-20-18-19-32-36(33)37(44)46-39(32)30-23-21-28(42)26-34(30)45-35-27-29(43)22-24-31(35)39/h18-24,26-27,42-43H,2-17,25H2,1H3,(H2,40,41,47). The van der Waals surface area contributed by atoms with E-state index >= 15 is 0 Å². The van der Waals surface area contributed by atoms with Crippen LogP contribution < -0.4 is 15.4 Å². The molecule has 0 radical (unpaired) electrons. The predicted molar refractivity (Wildman–Crippen MR) is 192 cm³/mol. The molecule has 0 fully saturated rings. The van der Waals surface area contributed by atoms with Gasteiger partial charge in [0.1, 0.15) is 23.0 Å². The van der Waals surface area contributed by atoms with Gasteiger partial charge in [-0.2, -0.15) is 0 Å². The Hall–Kier alpha value is -3.78. The molecule has 2 aliphatic rings. The number of rotatable bonds is 18. The van der Waals surface area contributed by atoms with Crippen LogP contribution in [-0.2, 0) is 10.3 Å². The summed E-state index contributed by atoms with van der Waals surface area (Å²) in [5.41, 5.74) is 1.44. The number of benzene rings is 3.